The molecule has 0 unspecified atom stereocenters. The Bertz CT molecular complexity index is 4110. The lowest BCUT2D eigenvalue weighted by atomic mass is 9.34. The van der Waals surface area contributed by atoms with Crippen LogP contribution in [0.2, 0.25) is 0 Å². The fraction of sp³-hybridized carbons (Fsp3) is 0.132. The first-order chi connectivity index (χ1) is 39.3. The maximum atomic E-state index is 7.33. The molecule has 0 radical (unpaired) electrons. The van der Waals surface area contributed by atoms with Gasteiger partial charge in [-0.2, -0.15) is 0 Å². The molecule has 1 aromatic heterocycles. The van der Waals surface area contributed by atoms with Crippen LogP contribution in [-0.2, 0) is 11.8 Å². The molecule has 12 aromatic rings. The van der Waals surface area contributed by atoms with E-state index in [4.69, 9.17) is 4.74 Å². The zero-order valence-electron chi connectivity index (χ0n) is 46.1. The molecule has 3 nitrogen and oxygen atoms in total. The van der Waals surface area contributed by atoms with Crippen molar-refractivity contribution in [1.29, 1.82) is 0 Å². The molecule has 14 rings (SSSR count). The number of para-hydroxylation sites is 2. The number of hydrogen-bond donors (Lipinski definition) is 0. The normalized spacial score (nSPS) is 12.6. The van der Waals surface area contributed by atoms with Crippen molar-refractivity contribution in [3.05, 3.63) is 260 Å². The van der Waals surface area contributed by atoms with Gasteiger partial charge in [-0.25, -0.2) is 0 Å². The largest absolute Gasteiger partial charge is 0.458 e. The summed E-state index contributed by atoms with van der Waals surface area (Å²) in [6.45, 7) is 9.23. The van der Waals surface area contributed by atoms with E-state index in [1.807, 2.05) is 0 Å². The van der Waals surface area contributed by atoms with Gasteiger partial charge in [-0.05, 0) is 145 Å². The first-order valence-electron chi connectivity index (χ1n) is 28.7. The number of ether oxygens (including phenoxy) is 1. The number of benzene rings is 11. The minimum absolute atomic E-state index is 0.115. The lowest BCUT2D eigenvalue weighted by Gasteiger charge is -2.42. The Balaban J connectivity index is 1.10. The Hall–Kier alpha value is -9.12. The second kappa shape index (κ2) is 20.3. The third kappa shape index (κ3) is 8.71. The molecule has 0 bridgehead atoms. The van der Waals surface area contributed by atoms with Crippen LogP contribution in [0.15, 0.2) is 249 Å². The number of rotatable bonds is 12. The van der Waals surface area contributed by atoms with Gasteiger partial charge in [0.15, 0.2) is 0 Å². The highest BCUT2D eigenvalue weighted by molar-refractivity contribution is 6.99. The van der Waals surface area contributed by atoms with Crippen molar-refractivity contribution in [1.82, 2.24) is 4.57 Å². The molecule has 3 heterocycles. The zero-order chi connectivity index (χ0) is 53.9. The van der Waals surface area contributed by atoms with E-state index in [1.54, 1.807) is 0 Å². The fourth-order valence-corrected chi connectivity index (χ4v) is 12.8. The number of nitrogens with zero attached hydrogens (tertiary/aromatic N) is 2. The van der Waals surface area contributed by atoms with Crippen LogP contribution in [0.1, 0.15) is 64.5 Å². The first-order valence-corrected chi connectivity index (χ1v) is 28.7. The predicted molar refractivity (Wildman–Crippen MR) is 340 cm³/mol. The van der Waals surface area contributed by atoms with Gasteiger partial charge >= 0.3 is 0 Å². The summed E-state index contributed by atoms with van der Waals surface area (Å²) < 4.78 is 9.82. The van der Waals surface area contributed by atoms with Crippen LogP contribution >= 0.6 is 0 Å². The molecule has 0 spiro atoms. The van der Waals surface area contributed by atoms with Crippen LogP contribution < -0.4 is 26.0 Å². The fourth-order valence-electron chi connectivity index (χ4n) is 12.8. The molecule has 80 heavy (non-hydrogen) atoms. The highest BCUT2D eigenvalue weighted by atomic mass is 16.5. The van der Waals surface area contributed by atoms with E-state index in [1.165, 1.54) is 113 Å². The topological polar surface area (TPSA) is 17.4 Å². The molecular formula is C76H63BN2O. The summed E-state index contributed by atoms with van der Waals surface area (Å²) in [6.07, 6.45) is 5.67. The van der Waals surface area contributed by atoms with E-state index in [0.29, 0.717) is 0 Å². The third-order valence-electron chi connectivity index (χ3n) is 16.9. The summed E-state index contributed by atoms with van der Waals surface area (Å²) in [5, 5.41) is 2.49. The molecular weight excluding hydrogens is 968 g/mol. The van der Waals surface area contributed by atoms with Gasteiger partial charge in [0, 0.05) is 39.0 Å². The molecule has 0 saturated heterocycles. The van der Waals surface area contributed by atoms with Gasteiger partial charge in [-0.1, -0.05) is 241 Å². The summed E-state index contributed by atoms with van der Waals surface area (Å²) in [6, 6.07) is 92.7. The summed E-state index contributed by atoms with van der Waals surface area (Å²) >= 11 is 0. The maximum Gasteiger partial charge on any atom is 0.256 e. The van der Waals surface area contributed by atoms with Crippen LogP contribution in [0.4, 0.5) is 17.1 Å². The Morgan fingerprint density at radius 3 is 1.49 bits per heavy atom. The summed E-state index contributed by atoms with van der Waals surface area (Å²) in [5.41, 5.74) is 24.8. The van der Waals surface area contributed by atoms with Crippen molar-refractivity contribution < 1.29 is 4.74 Å². The predicted octanol–water partition coefficient (Wildman–Crippen LogP) is 18.9. The highest BCUT2D eigenvalue weighted by Gasteiger charge is 2.44. The molecule has 2 aliphatic rings. The van der Waals surface area contributed by atoms with Crippen molar-refractivity contribution in [3.8, 4) is 72.8 Å². The van der Waals surface area contributed by atoms with E-state index in [0.717, 1.165) is 58.2 Å². The third-order valence-corrected chi connectivity index (χ3v) is 16.9. The number of aromatic nitrogens is 1. The zero-order valence-corrected chi connectivity index (χ0v) is 46.1. The summed E-state index contributed by atoms with van der Waals surface area (Å²) in [4.78, 5) is 2.67. The lowest BCUT2D eigenvalue weighted by Crippen LogP contribution is -2.59. The van der Waals surface area contributed by atoms with Crippen molar-refractivity contribution in [2.75, 3.05) is 4.90 Å². The molecule has 0 aliphatic carbocycles. The average Bonchev–Trinajstić information content (AvgIpc) is 4.00. The molecule has 4 heteroatoms. The average molecular weight is 1030 g/mol. The molecule has 0 amide bonds. The van der Waals surface area contributed by atoms with Crippen LogP contribution in [0, 0.1) is 0 Å². The van der Waals surface area contributed by atoms with Gasteiger partial charge in [0.25, 0.3) is 6.71 Å². The number of aryl methyl sites for hydroxylation is 1. The monoisotopic (exact) mass is 1030 g/mol. The summed E-state index contributed by atoms with van der Waals surface area (Å²) in [5.74, 6) is 1.85. The second-order valence-corrected chi connectivity index (χ2v) is 23.0. The Kier molecular flexibility index (Phi) is 12.5. The van der Waals surface area contributed by atoms with Crippen LogP contribution in [0.5, 0.6) is 11.5 Å². The highest BCUT2D eigenvalue weighted by Crippen LogP contribution is 2.52. The lowest BCUT2D eigenvalue weighted by molar-refractivity contribution is 0.486. The second-order valence-electron chi connectivity index (χ2n) is 23.0. The Morgan fingerprint density at radius 1 is 0.412 bits per heavy atom. The molecule has 11 aromatic carbocycles. The standard InChI is InChI=1S/C76H63BN2O/c1-5-6-7-11-22-51-45-71-74-73(46-51)80-72-44-41-59(54-27-16-10-17-28-54)47-67(72)77(74)66-43-42-61(78-68-31-20-18-29-62(68)63-30-19-21-32-69(63)78)50-70(66)79(71)75-64(57-37-33-55(34-38-57)52-23-12-8-13-24-52)48-60(76(2,3)4)49-65(75)58-39-35-56(36-40-58)53-25-14-9-15-26-53/h8-10,12-21,23-50H,5-7,11,22H2,1-4H3. The SMILES string of the molecule is CCCCCCc1cc2c3c(c1)N(c1c(-c4ccc(-c5ccccc5)cc4)cc(C(C)(C)C)cc1-c1ccc(-c4ccccc4)cc1)c1cc(-n4c5ccccc5c5ccccc54)ccc1B3c1cc(-c3ccccc3)ccc1O2. The first kappa shape index (κ1) is 49.2. The molecule has 0 fully saturated rings. The summed E-state index contributed by atoms with van der Waals surface area (Å²) in [7, 11) is 0. The van der Waals surface area contributed by atoms with Crippen molar-refractivity contribution in [2.45, 2.75) is 65.2 Å². The van der Waals surface area contributed by atoms with E-state index in [2.05, 4.69) is 286 Å². The van der Waals surface area contributed by atoms with E-state index in [-0.39, 0.29) is 12.1 Å². The quantitative estimate of drug-likeness (QED) is 0.0896. The van der Waals surface area contributed by atoms with E-state index in [9.17, 15) is 0 Å². The molecule has 0 N–H and O–H groups in total. The number of anilines is 3. The minimum atomic E-state index is -0.170. The van der Waals surface area contributed by atoms with Crippen molar-refractivity contribution in [3.63, 3.8) is 0 Å². The molecule has 2 aliphatic heterocycles. The molecule has 386 valence electrons. The minimum Gasteiger partial charge on any atom is -0.458 e. The van der Waals surface area contributed by atoms with E-state index < -0.39 is 0 Å². The number of fused-ring (bicyclic) bond motifs is 7. The maximum absolute atomic E-state index is 7.33. The number of hydrogen-bond acceptors (Lipinski definition) is 2. The Morgan fingerprint density at radius 2 is 0.925 bits per heavy atom. The molecule has 0 atom stereocenters. The number of unbranched alkanes of at least 4 members (excludes halogenated alkanes) is 3. The smallest absolute Gasteiger partial charge is 0.256 e. The van der Waals surface area contributed by atoms with Crippen LogP contribution in [0.25, 0.3) is 83.1 Å². The van der Waals surface area contributed by atoms with Gasteiger partial charge < -0.3 is 14.2 Å². The van der Waals surface area contributed by atoms with Gasteiger partial charge in [0.1, 0.15) is 11.5 Å². The Labute approximate surface area is 471 Å². The van der Waals surface area contributed by atoms with Crippen LogP contribution in [-0.4, -0.2) is 11.3 Å². The van der Waals surface area contributed by atoms with Gasteiger partial charge in [-0.3, -0.25) is 0 Å². The van der Waals surface area contributed by atoms with Crippen molar-refractivity contribution >= 4 is 62.0 Å². The van der Waals surface area contributed by atoms with E-state index >= 15 is 0 Å². The van der Waals surface area contributed by atoms with Crippen molar-refractivity contribution in [2.24, 2.45) is 0 Å². The van der Waals surface area contributed by atoms with Crippen LogP contribution in [0.3, 0.4) is 0 Å². The van der Waals surface area contributed by atoms with Gasteiger partial charge in [0.2, 0.25) is 0 Å². The van der Waals surface area contributed by atoms with Gasteiger partial charge in [0.05, 0.1) is 16.7 Å². The molecule has 0 saturated carbocycles. The van der Waals surface area contributed by atoms with Gasteiger partial charge in [-0.15, -0.1) is 0 Å².